The minimum Gasteiger partial charge on any atom is -0.497 e. The van der Waals surface area contributed by atoms with Crippen molar-refractivity contribution in [1.82, 2.24) is 20.1 Å². The van der Waals surface area contributed by atoms with E-state index >= 15 is 0 Å². The molecule has 1 atom stereocenters. The molecule has 134 valence electrons. The van der Waals surface area contributed by atoms with Gasteiger partial charge in [-0.25, -0.2) is 0 Å². The summed E-state index contributed by atoms with van der Waals surface area (Å²) in [6, 6.07) is 4.88. The van der Waals surface area contributed by atoms with E-state index in [-0.39, 0.29) is 11.9 Å². The molecule has 25 heavy (non-hydrogen) atoms. The van der Waals surface area contributed by atoms with E-state index in [1.165, 1.54) is 6.42 Å². The Morgan fingerprint density at radius 2 is 1.84 bits per heavy atom. The van der Waals surface area contributed by atoms with E-state index in [1.807, 2.05) is 6.92 Å². The second-order valence-corrected chi connectivity index (χ2v) is 6.23. The van der Waals surface area contributed by atoms with Crippen LogP contribution in [-0.2, 0) is 13.0 Å². The highest BCUT2D eigenvalue weighted by molar-refractivity contribution is 5.95. The van der Waals surface area contributed by atoms with Crippen molar-refractivity contribution in [2.75, 3.05) is 14.2 Å². The number of ether oxygens (including phenoxy) is 2. The molecule has 0 fully saturated rings. The van der Waals surface area contributed by atoms with Gasteiger partial charge in [-0.05, 0) is 31.9 Å². The van der Waals surface area contributed by atoms with Crippen LogP contribution in [0.3, 0.4) is 0 Å². The molecule has 0 aliphatic carbocycles. The molecule has 7 heteroatoms. The molecule has 1 amide bonds. The van der Waals surface area contributed by atoms with Gasteiger partial charge in [0.05, 0.1) is 20.3 Å². The maximum absolute atomic E-state index is 12.6. The monoisotopic (exact) mass is 344 g/mol. The van der Waals surface area contributed by atoms with Crippen LogP contribution in [0.15, 0.2) is 18.2 Å². The van der Waals surface area contributed by atoms with Gasteiger partial charge in [-0.3, -0.25) is 4.79 Å². The average Bonchev–Trinajstić information content (AvgIpc) is 2.89. The SMILES string of the molecule is COc1cc(OC)cc(C(=O)N[C@@H](C)c2nnc3n2CCCCC3)c1. The number of amides is 1. The Morgan fingerprint density at radius 1 is 1.12 bits per heavy atom. The molecule has 0 radical (unpaired) electrons. The summed E-state index contributed by atoms with van der Waals surface area (Å²) in [5.41, 5.74) is 0.485. The maximum atomic E-state index is 12.6. The Bertz CT molecular complexity index is 735. The van der Waals surface area contributed by atoms with Gasteiger partial charge in [-0.15, -0.1) is 10.2 Å². The van der Waals surface area contributed by atoms with Gasteiger partial charge in [0.15, 0.2) is 5.82 Å². The largest absolute Gasteiger partial charge is 0.497 e. The van der Waals surface area contributed by atoms with E-state index in [0.29, 0.717) is 17.1 Å². The van der Waals surface area contributed by atoms with Crippen molar-refractivity contribution in [2.24, 2.45) is 0 Å². The molecule has 1 N–H and O–H groups in total. The number of nitrogens with zero attached hydrogens (tertiary/aromatic N) is 3. The summed E-state index contributed by atoms with van der Waals surface area (Å²) in [6.45, 7) is 2.84. The van der Waals surface area contributed by atoms with Crippen molar-refractivity contribution in [3.05, 3.63) is 35.4 Å². The minimum atomic E-state index is -0.232. The van der Waals surface area contributed by atoms with Crippen LogP contribution in [-0.4, -0.2) is 34.9 Å². The molecule has 2 aromatic rings. The minimum absolute atomic E-state index is 0.198. The van der Waals surface area contributed by atoms with Gasteiger partial charge in [-0.2, -0.15) is 0 Å². The molecule has 3 rings (SSSR count). The molecule has 7 nitrogen and oxygen atoms in total. The van der Waals surface area contributed by atoms with E-state index in [0.717, 1.165) is 37.5 Å². The zero-order valence-corrected chi connectivity index (χ0v) is 14.9. The van der Waals surface area contributed by atoms with Gasteiger partial charge in [0, 0.05) is 24.6 Å². The van der Waals surface area contributed by atoms with Gasteiger partial charge >= 0.3 is 0 Å². The molecule has 0 saturated heterocycles. The maximum Gasteiger partial charge on any atom is 0.252 e. The highest BCUT2D eigenvalue weighted by Crippen LogP contribution is 2.23. The Balaban J connectivity index is 1.78. The number of fused-ring (bicyclic) bond motifs is 1. The predicted molar refractivity (Wildman–Crippen MR) is 93.0 cm³/mol. The van der Waals surface area contributed by atoms with E-state index in [2.05, 4.69) is 20.1 Å². The van der Waals surface area contributed by atoms with E-state index in [1.54, 1.807) is 32.4 Å². The van der Waals surface area contributed by atoms with Crippen LogP contribution >= 0.6 is 0 Å². The molecular weight excluding hydrogens is 320 g/mol. The van der Waals surface area contributed by atoms with Crippen LogP contribution in [0.4, 0.5) is 0 Å². The van der Waals surface area contributed by atoms with E-state index < -0.39 is 0 Å². The molecule has 1 aromatic heterocycles. The topological polar surface area (TPSA) is 78.3 Å². The Morgan fingerprint density at radius 3 is 2.52 bits per heavy atom. The van der Waals surface area contributed by atoms with Crippen molar-refractivity contribution in [3.63, 3.8) is 0 Å². The number of nitrogens with one attached hydrogen (secondary N) is 1. The molecule has 2 heterocycles. The second-order valence-electron chi connectivity index (χ2n) is 6.23. The van der Waals surface area contributed by atoms with Gasteiger partial charge in [0.25, 0.3) is 5.91 Å². The third kappa shape index (κ3) is 3.75. The number of aromatic nitrogens is 3. The zero-order chi connectivity index (χ0) is 17.8. The molecular formula is C18H24N4O3. The zero-order valence-electron chi connectivity index (χ0n) is 14.9. The summed E-state index contributed by atoms with van der Waals surface area (Å²) < 4.78 is 12.6. The fourth-order valence-electron chi connectivity index (χ4n) is 3.11. The van der Waals surface area contributed by atoms with Gasteiger partial charge in [-0.1, -0.05) is 6.42 Å². The number of carbonyl (C=O) groups is 1. The Hall–Kier alpha value is -2.57. The summed E-state index contributed by atoms with van der Waals surface area (Å²) in [6.07, 6.45) is 4.40. The average molecular weight is 344 g/mol. The van der Waals surface area contributed by atoms with Crippen molar-refractivity contribution >= 4 is 5.91 Å². The van der Waals surface area contributed by atoms with Crippen molar-refractivity contribution in [3.8, 4) is 11.5 Å². The van der Waals surface area contributed by atoms with Crippen LogP contribution in [0, 0.1) is 0 Å². The molecule has 1 aliphatic rings. The lowest BCUT2D eigenvalue weighted by Crippen LogP contribution is -2.29. The van der Waals surface area contributed by atoms with Crippen LogP contribution in [0.2, 0.25) is 0 Å². The van der Waals surface area contributed by atoms with E-state index in [9.17, 15) is 4.79 Å². The number of hydrogen-bond acceptors (Lipinski definition) is 5. The smallest absolute Gasteiger partial charge is 0.252 e. The van der Waals surface area contributed by atoms with Crippen LogP contribution in [0.1, 0.15) is 54.2 Å². The molecule has 1 aliphatic heterocycles. The van der Waals surface area contributed by atoms with Gasteiger partial charge < -0.3 is 19.4 Å². The number of benzene rings is 1. The highest BCUT2D eigenvalue weighted by atomic mass is 16.5. The molecule has 0 bridgehead atoms. The first-order valence-corrected chi connectivity index (χ1v) is 8.58. The van der Waals surface area contributed by atoms with Gasteiger partial charge in [0.1, 0.15) is 17.3 Å². The number of carbonyl (C=O) groups excluding carboxylic acids is 1. The number of aryl methyl sites for hydroxylation is 1. The Kier molecular flexibility index (Phi) is 5.21. The summed E-state index contributed by atoms with van der Waals surface area (Å²) in [7, 11) is 3.12. The lowest BCUT2D eigenvalue weighted by molar-refractivity contribution is 0.0936. The lowest BCUT2D eigenvalue weighted by atomic mass is 10.1. The van der Waals surface area contributed by atoms with Crippen molar-refractivity contribution in [1.29, 1.82) is 0 Å². The van der Waals surface area contributed by atoms with Gasteiger partial charge in [0.2, 0.25) is 0 Å². The van der Waals surface area contributed by atoms with E-state index in [4.69, 9.17) is 9.47 Å². The standard InChI is InChI=1S/C18H24N4O3/c1-12(17-21-20-16-7-5-4-6-8-22(16)17)19-18(23)13-9-14(24-2)11-15(10-13)25-3/h9-12H,4-8H2,1-3H3,(H,19,23)/t12-/m0/s1. The summed E-state index contributed by atoms with van der Waals surface area (Å²) >= 11 is 0. The summed E-state index contributed by atoms with van der Waals surface area (Å²) in [5, 5.41) is 11.6. The first-order chi connectivity index (χ1) is 12.1. The van der Waals surface area contributed by atoms with Crippen LogP contribution in [0.25, 0.3) is 0 Å². The fourth-order valence-corrected chi connectivity index (χ4v) is 3.11. The van der Waals surface area contributed by atoms with Crippen LogP contribution in [0.5, 0.6) is 11.5 Å². The summed E-state index contributed by atoms with van der Waals surface area (Å²) in [5.74, 6) is 2.77. The molecule has 0 saturated carbocycles. The molecule has 0 spiro atoms. The summed E-state index contributed by atoms with van der Waals surface area (Å²) in [4.78, 5) is 12.6. The third-order valence-corrected chi connectivity index (χ3v) is 4.49. The molecule has 0 unspecified atom stereocenters. The first-order valence-electron chi connectivity index (χ1n) is 8.58. The fraction of sp³-hybridized carbons (Fsp3) is 0.500. The quantitative estimate of drug-likeness (QED) is 0.902. The van der Waals surface area contributed by atoms with Crippen LogP contribution < -0.4 is 14.8 Å². The predicted octanol–water partition coefficient (Wildman–Crippen LogP) is 2.51. The second kappa shape index (κ2) is 7.55. The molecule has 1 aromatic carbocycles. The first kappa shape index (κ1) is 17.3. The number of rotatable bonds is 5. The van der Waals surface area contributed by atoms with Crippen molar-refractivity contribution in [2.45, 2.75) is 45.2 Å². The Labute approximate surface area is 147 Å². The number of hydrogen-bond donors (Lipinski definition) is 1. The van der Waals surface area contributed by atoms with Crippen molar-refractivity contribution < 1.29 is 14.3 Å². The number of methoxy groups -OCH3 is 2. The highest BCUT2D eigenvalue weighted by Gasteiger charge is 2.21. The third-order valence-electron chi connectivity index (χ3n) is 4.49. The lowest BCUT2D eigenvalue weighted by Gasteiger charge is -2.16. The normalized spacial score (nSPS) is 15.0.